The highest BCUT2D eigenvalue weighted by Crippen LogP contribution is 2.12. The Morgan fingerprint density at radius 2 is 1.80 bits per heavy atom. The SMILES string of the molecule is O=C(CC1COCCN1)Nc1ccc(COCc2ccccc2)cc1. The van der Waals surface area contributed by atoms with Crippen LogP contribution in [0.25, 0.3) is 0 Å². The fourth-order valence-electron chi connectivity index (χ4n) is 2.73. The van der Waals surface area contributed by atoms with Crippen LogP contribution in [0.1, 0.15) is 17.5 Å². The third-order valence-corrected chi connectivity index (χ3v) is 4.05. The molecule has 1 aliphatic rings. The van der Waals surface area contributed by atoms with E-state index in [9.17, 15) is 4.79 Å². The third kappa shape index (κ3) is 5.98. The van der Waals surface area contributed by atoms with Crippen LogP contribution in [-0.2, 0) is 27.5 Å². The van der Waals surface area contributed by atoms with Gasteiger partial charge in [0.2, 0.25) is 5.91 Å². The lowest BCUT2D eigenvalue weighted by molar-refractivity contribution is -0.117. The van der Waals surface area contributed by atoms with Gasteiger partial charge in [-0.2, -0.15) is 0 Å². The van der Waals surface area contributed by atoms with Crippen molar-refractivity contribution in [2.45, 2.75) is 25.7 Å². The minimum absolute atomic E-state index is 0.00363. The van der Waals surface area contributed by atoms with Gasteiger partial charge in [0, 0.05) is 24.7 Å². The first-order valence-electron chi connectivity index (χ1n) is 8.61. The second-order valence-electron chi connectivity index (χ2n) is 6.15. The zero-order valence-electron chi connectivity index (χ0n) is 14.2. The fourth-order valence-corrected chi connectivity index (χ4v) is 2.73. The molecule has 0 saturated carbocycles. The van der Waals surface area contributed by atoms with Gasteiger partial charge < -0.3 is 20.1 Å². The molecule has 2 N–H and O–H groups in total. The van der Waals surface area contributed by atoms with Gasteiger partial charge in [-0.3, -0.25) is 4.79 Å². The molecule has 1 heterocycles. The first-order valence-corrected chi connectivity index (χ1v) is 8.61. The monoisotopic (exact) mass is 340 g/mol. The molecular weight excluding hydrogens is 316 g/mol. The maximum Gasteiger partial charge on any atom is 0.226 e. The van der Waals surface area contributed by atoms with E-state index in [0.717, 1.165) is 23.4 Å². The highest BCUT2D eigenvalue weighted by Gasteiger charge is 2.16. The second kappa shape index (κ2) is 9.32. The van der Waals surface area contributed by atoms with E-state index in [4.69, 9.17) is 9.47 Å². The Hall–Kier alpha value is -2.21. The lowest BCUT2D eigenvalue weighted by Gasteiger charge is -2.23. The molecule has 1 atom stereocenters. The predicted octanol–water partition coefficient (Wildman–Crippen LogP) is 2.72. The van der Waals surface area contributed by atoms with E-state index in [2.05, 4.69) is 10.6 Å². The summed E-state index contributed by atoms with van der Waals surface area (Å²) in [5, 5.41) is 6.20. The van der Waals surface area contributed by atoms with Crippen LogP contribution >= 0.6 is 0 Å². The summed E-state index contributed by atoms with van der Waals surface area (Å²) in [5.41, 5.74) is 3.04. The van der Waals surface area contributed by atoms with Crippen LogP contribution in [0.15, 0.2) is 54.6 Å². The maximum absolute atomic E-state index is 12.1. The molecular formula is C20H24N2O3. The standard InChI is InChI=1S/C20H24N2O3/c23-20(12-19-15-24-11-10-21-19)22-18-8-6-17(7-9-18)14-25-13-16-4-2-1-3-5-16/h1-9,19,21H,10-15H2,(H,22,23). The molecule has 0 radical (unpaired) electrons. The van der Waals surface area contributed by atoms with Crippen molar-refractivity contribution >= 4 is 11.6 Å². The first-order chi connectivity index (χ1) is 12.3. The van der Waals surface area contributed by atoms with Crippen molar-refractivity contribution in [1.29, 1.82) is 0 Å². The summed E-state index contributed by atoms with van der Waals surface area (Å²) in [4.78, 5) is 12.1. The highest BCUT2D eigenvalue weighted by molar-refractivity contribution is 5.91. The van der Waals surface area contributed by atoms with Crippen LogP contribution in [0.4, 0.5) is 5.69 Å². The van der Waals surface area contributed by atoms with Gasteiger partial charge in [-0.1, -0.05) is 42.5 Å². The average molecular weight is 340 g/mol. The molecule has 132 valence electrons. The van der Waals surface area contributed by atoms with Crippen molar-refractivity contribution in [3.8, 4) is 0 Å². The molecule has 5 nitrogen and oxygen atoms in total. The Bertz CT molecular complexity index is 652. The molecule has 2 aromatic carbocycles. The molecule has 0 aromatic heterocycles. The zero-order valence-corrected chi connectivity index (χ0v) is 14.2. The van der Waals surface area contributed by atoms with Crippen LogP contribution in [0.2, 0.25) is 0 Å². The van der Waals surface area contributed by atoms with Crippen molar-refractivity contribution < 1.29 is 14.3 Å². The Morgan fingerprint density at radius 3 is 2.48 bits per heavy atom. The topological polar surface area (TPSA) is 59.6 Å². The Balaban J connectivity index is 1.41. The molecule has 0 bridgehead atoms. The maximum atomic E-state index is 12.1. The number of hydrogen-bond acceptors (Lipinski definition) is 4. The number of hydrogen-bond donors (Lipinski definition) is 2. The molecule has 1 saturated heterocycles. The second-order valence-corrected chi connectivity index (χ2v) is 6.15. The summed E-state index contributed by atoms with van der Waals surface area (Å²) in [6.07, 6.45) is 0.419. The number of rotatable bonds is 7. The minimum Gasteiger partial charge on any atom is -0.378 e. The number of carbonyl (C=O) groups excluding carboxylic acids is 1. The van der Waals surface area contributed by atoms with Crippen molar-refractivity contribution in [2.24, 2.45) is 0 Å². The fraction of sp³-hybridized carbons (Fsp3) is 0.350. The largest absolute Gasteiger partial charge is 0.378 e. The van der Waals surface area contributed by atoms with Crippen LogP contribution in [0.5, 0.6) is 0 Å². The van der Waals surface area contributed by atoms with E-state index >= 15 is 0 Å². The molecule has 2 aromatic rings. The summed E-state index contributed by atoms with van der Waals surface area (Å²) >= 11 is 0. The number of ether oxygens (including phenoxy) is 2. The van der Waals surface area contributed by atoms with Crippen molar-refractivity contribution in [2.75, 3.05) is 25.1 Å². The van der Waals surface area contributed by atoms with Crippen LogP contribution in [0.3, 0.4) is 0 Å². The summed E-state index contributed by atoms with van der Waals surface area (Å²) in [5.74, 6) is -0.00363. The van der Waals surface area contributed by atoms with Gasteiger partial charge in [0.1, 0.15) is 0 Å². The summed E-state index contributed by atoms with van der Waals surface area (Å²) in [6.45, 7) is 3.24. The zero-order chi connectivity index (χ0) is 17.3. The van der Waals surface area contributed by atoms with Crippen molar-refractivity contribution in [1.82, 2.24) is 5.32 Å². The van der Waals surface area contributed by atoms with Gasteiger partial charge in [0.25, 0.3) is 0 Å². The normalized spacial score (nSPS) is 17.2. The van der Waals surface area contributed by atoms with Crippen LogP contribution < -0.4 is 10.6 Å². The number of morpholine rings is 1. The molecule has 3 rings (SSSR count). The highest BCUT2D eigenvalue weighted by atomic mass is 16.5. The predicted molar refractivity (Wildman–Crippen MR) is 97.2 cm³/mol. The van der Waals surface area contributed by atoms with E-state index in [0.29, 0.717) is 32.8 Å². The Morgan fingerprint density at radius 1 is 1.08 bits per heavy atom. The van der Waals surface area contributed by atoms with Crippen molar-refractivity contribution in [3.05, 3.63) is 65.7 Å². The molecule has 1 amide bonds. The number of nitrogens with one attached hydrogen (secondary N) is 2. The lowest BCUT2D eigenvalue weighted by atomic mass is 10.1. The molecule has 25 heavy (non-hydrogen) atoms. The van der Waals surface area contributed by atoms with Gasteiger partial charge in [-0.15, -0.1) is 0 Å². The number of anilines is 1. The molecule has 1 aliphatic heterocycles. The Labute approximate surface area is 148 Å². The molecule has 1 fully saturated rings. The van der Waals surface area contributed by atoms with Gasteiger partial charge >= 0.3 is 0 Å². The number of amides is 1. The van der Waals surface area contributed by atoms with Gasteiger partial charge in [0.05, 0.1) is 26.4 Å². The number of benzene rings is 2. The minimum atomic E-state index is -0.00363. The smallest absolute Gasteiger partial charge is 0.226 e. The molecule has 1 unspecified atom stereocenters. The van der Waals surface area contributed by atoms with E-state index < -0.39 is 0 Å². The van der Waals surface area contributed by atoms with Crippen LogP contribution in [-0.4, -0.2) is 31.7 Å². The quantitative estimate of drug-likeness (QED) is 0.814. The summed E-state index contributed by atoms with van der Waals surface area (Å²) in [7, 11) is 0. The molecule has 0 aliphatic carbocycles. The summed E-state index contributed by atoms with van der Waals surface area (Å²) < 4.78 is 11.1. The lowest BCUT2D eigenvalue weighted by Crippen LogP contribution is -2.43. The van der Waals surface area contributed by atoms with E-state index in [1.165, 1.54) is 0 Å². The number of carbonyl (C=O) groups is 1. The van der Waals surface area contributed by atoms with E-state index in [1.54, 1.807) is 0 Å². The van der Waals surface area contributed by atoms with Gasteiger partial charge in [0.15, 0.2) is 0 Å². The first kappa shape index (κ1) is 17.6. The van der Waals surface area contributed by atoms with E-state index in [1.807, 2.05) is 54.6 Å². The van der Waals surface area contributed by atoms with Gasteiger partial charge in [-0.05, 0) is 23.3 Å². The molecule has 0 spiro atoms. The van der Waals surface area contributed by atoms with Crippen LogP contribution in [0, 0.1) is 0 Å². The average Bonchev–Trinajstić information content (AvgIpc) is 2.65. The van der Waals surface area contributed by atoms with Gasteiger partial charge in [-0.25, -0.2) is 0 Å². The summed E-state index contributed by atoms with van der Waals surface area (Å²) in [6, 6.07) is 18.0. The third-order valence-electron chi connectivity index (χ3n) is 4.05. The van der Waals surface area contributed by atoms with E-state index in [-0.39, 0.29) is 11.9 Å². The van der Waals surface area contributed by atoms with Crippen molar-refractivity contribution in [3.63, 3.8) is 0 Å². The molecule has 5 heteroatoms. The Kier molecular flexibility index (Phi) is 6.56.